The van der Waals surface area contributed by atoms with E-state index in [2.05, 4.69) is 15.3 Å². The number of unbranched alkanes of at least 4 members (excludes halogenated alkanes) is 1. The van der Waals surface area contributed by atoms with Crippen molar-refractivity contribution >= 4 is 29.9 Å². The van der Waals surface area contributed by atoms with Gasteiger partial charge in [-0.25, -0.2) is 0 Å². The molecule has 0 aliphatic rings. The Bertz CT molecular complexity index is 688. The molecular weight excluding hydrogens is 468 g/mol. The lowest BCUT2D eigenvalue weighted by Crippen LogP contribution is -2.33. The predicted octanol–water partition coefficient (Wildman–Crippen LogP) is 4.19. The van der Waals surface area contributed by atoms with Crippen molar-refractivity contribution in [2.45, 2.75) is 31.9 Å². The number of nitrogens with zero attached hydrogens (tertiary/aromatic N) is 2. The number of halogens is 4. The van der Waals surface area contributed by atoms with E-state index in [4.69, 9.17) is 5.73 Å². The lowest BCUT2D eigenvalue weighted by molar-refractivity contribution is -0.137. The van der Waals surface area contributed by atoms with Crippen molar-refractivity contribution in [1.29, 1.82) is 0 Å². The van der Waals surface area contributed by atoms with Gasteiger partial charge in [0.05, 0.1) is 5.56 Å². The van der Waals surface area contributed by atoms with Crippen LogP contribution in [0.5, 0.6) is 0 Å². The molecular formula is C19H24F3IN4. The van der Waals surface area contributed by atoms with E-state index in [1.54, 1.807) is 6.20 Å². The number of alkyl halides is 3. The van der Waals surface area contributed by atoms with Crippen LogP contribution in [0.2, 0.25) is 0 Å². The van der Waals surface area contributed by atoms with Crippen LogP contribution in [0.25, 0.3) is 0 Å². The molecule has 0 spiro atoms. The molecule has 8 heteroatoms. The second kappa shape index (κ2) is 11.8. The number of aryl methyl sites for hydroxylation is 1. The van der Waals surface area contributed by atoms with Gasteiger partial charge in [0.1, 0.15) is 0 Å². The first-order chi connectivity index (χ1) is 12.4. The number of nitrogens with one attached hydrogen (secondary N) is 1. The summed E-state index contributed by atoms with van der Waals surface area (Å²) in [5, 5.41) is 3.04. The molecule has 0 saturated carbocycles. The van der Waals surface area contributed by atoms with Gasteiger partial charge in [-0.15, -0.1) is 24.0 Å². The van der Waals surface area contributed by atoms with Crippen molar-refractivity contribution in [3.63, 3.8) is 0 Å². The molecule has 4 nitrogen and oxygen atoms in total. The van der Waals surface area contributed by atoms with Crippen LogP contribution in [0.4, 0.5) is 13.2 Å². The fourth-order valence-electron chi connectivity index (χ4n) is 2.42. The molecule has 0 aliphatic carbocycles. The zero-order valence-corrected chi connectivity index (χ0v) is 17.2. The van der Waals surface area contributed by atoms with Crippen LogP contribution in [0.3, 0.4) is 0 Å². The van der Waals surface area contributed by atoms with E-state index in [0.717, 1.165) is 49.1 Å². The lowest BCUT2D eigenvalue weighted by atomic mass is 10.1. The highest BCUT2D eigenvalue weighted by atomic mass is 127. The second-order valence-electron chi connectivity index (χ2n) is 5.92. The van der Waals surface area contributed by atoms with Crippen molar-refractivity contribution < 1.29 is 13.2 Å². The van der Waals surface area contributed by atoms with E-state index in [9.17, 15) is 13.2 Å². The first-order valence-corrected chi connectivity index (χ1v) is 8.55. The number of aliphatic imine (C=N–C) groups is 1. The van der Waals surface area contributed by atoms with Crippen molar-refractivity contribution in [2.75, 3.05) is 13.1 Å². The number of hydrogen-bond donors (Lipinski definition) is 2. The van der Waals surface area contributed by atoms with Gasteiger partial charge >= 0.3 is 6.18 Å². The summed E-state index contributed by atoms with van der Waals surface area (Å²) in [5.41, 5.74) is 7.07. The fraction of sp³-hybridized carbons (Fsp3) is 0.368. The normalized spacial score (nSPS) is 11.7. The van der Waals surface area contributed by atoms with Gasteiger partial charge in [0.15, 0.2) is 5.96 Å². The number of guanidine groups is 1. The van der Waals surface area contributed by atoms with Gasteiger partial charge in [0.2, 0.25) is 0 Å². The average Bonchev–Trinajstić information content (AvgIpc) is 2.62. The summed E-state index contributed by atoms with van der Waals surface area (Å²) in [6.45, 7) is 1.25. The van der Waals surface area contributed by atoms with Crippen LogP contribution in [-0.2, 0) is 19.0 Å². The van der Waals surface area contributed by atoms with Gasteiger partial charge < -0.3 is 11.1 Å². The highest BCUT2D eigenvalue weighted by molar-refractivity contribution is 14.0. The summed E-state index contributed by atoms with van der Waals surface area (Å²) >= 11 is 0. The monoisotopic (exact) mass is 492 g/mol. The second-order valence-corrected chi connectivity index (χ2v) is 5.92. The molecule has 0 radical (unpaired) electrons. The number of hydrogen-bond acceptors (Lipinski definition) is 2. The van der Waals surface area contributed by atoms with Gasteiger partial charge in [0.25, 0.3) is 0 Å². The van der Waals surface area contributed by atoms with Crippen LogP contribution in [0.1, 0.15) is 29.7 Å². The summed E-state index contributed by atoms with van der Waals surface area (Å²) in [6, 6.07) is 11.1. The molecule has 0 fully saturated rings. The Balaban J connectivity index is 0.00000364. The Morgan fingerprint density at radius 3 is 2.41 bits per heavy atom. The Kier molecular flexibility index (Phi) is 10.1. The third-order valence-electron chi connectivity index (χ3n) is 3.85. The Hall–Kier alpha value is -1.84. The third-order valence-corrected chi connectivity index (χ3v) is 3.85. The first kappa shape index (κ1) is 23.2. The summed E-state index contributed by atoms with van der Waals surface area (Å²) in [6.07, 6.45) is 0.628. The van der Waals surface area contributed by atoms with Gasteiger partial charge in [-0.2, -0.15) is 13.2 Å². The number of aromatic nitrogens is 1. The molecule has 2 rings (SSSR count). The molecule has 2 aromatic rings. The highest BCUT2D eigenvalue weighted by Crippen LogP contribution is 2.29. The first-order valence-electron chi connectivity index (χ1n) is 8.55. The number of pyridine rings is 1. The number of nitrogens with two attached hydrogens (primary N) is 1. The smallest absolute Gasteiger partial charge is 0.370 e. The minimum Gasteiger partial charge on any atom is -0.370 e. The van der Waals surface area contributed by atoms with Crippen LogP contribution in [0, 0.1) is 0 Å². The van der Waals surface area contributed by atoms with Crippen molar-refractivity contribution in [1.82, 2.24) is 10.3 Å². The van der Waals surface area contributed by atoms with Gasteiger partial charge in [0, 0.05) is 31.4 Å². The molecule has 148 valence electrons. The van der Waals surface area contributed by atoms with E-state index in [-0.39, 0.29) is 24.0 Å². The SMILES string of the molecule is I.NC(=NCCCCc1ccc(C(F)(F)F)cc1)NCCc1ccccn1. The molecule has 27 heavy (non-hydrogen) atoms. The maximum absolute atomic E-state index is 12.5. The van der Waals surface area contributed by atoms with E-state index >= 15 is 0 Å². The van der Waals surface area contributed by atoms with Crippen molar-refractivity contribution in [2.24, 2.45) is 10.7 Å². The van der Waals surface area contributed by atoms with Crippen LogP contribution >= 0.6 is 24.0 Å². The number of benzene rings is 1. The van der Waals surface area contributed by atoms with Crippen LogP contribution in [0.15, 0.2) is 53.7 Å². The molecule has 0 aliphatic heterocycles. The number of rotatable bonds is 8. The topological polar surface area (TPSA) is 63.3 Å². The van der Waals surface area contributed by atoms with Gasteiger partial charge in [-0.1, -0.05) is 18.2 Å². The predicted molar refractivity (Wildman–Crippen MR) is 112 cm³/mol. The Morgan fingerprint density at radius 1 is 1.04 bits per heavy atom. The molecule has 0 atom stereocenters. The molecule has 0 bridgehead atoms. The summed E-state index contributed by atoms with van der Waals surface area (Å²) in [7, 11) is 0. The zero-order chi connectivity index (χ0) is 18.8. The van der Waals surface area contributed by atoms with E-state index < -0.39 is 11.7 Å². The molecule has 1 aromatic heterocycles. The molecule has 3 N–H and O–H groups in total. The van der Waals surface area contributed by atoms with Gasteiger partial charge in [-0.05, 0) is 49.1 Å². The minimum atomic E-state index is -4.28. The van der Waals surface area contributed by atoms with E-state index in [1.165, 1.54) is 12.1 Å². The molecule has 0 saturated heterocycles. The summed E-state index contributed by atoms with van der Waals surface area (Å²) in [5.74, 6) is 0.399. The van der Waals surface area contributed by atoms with E-state index in [0.29, 0.717) is 19.0 Å². The Labute approximate surface area is 174 Å². The molecule has 1 heterocycles. The maximum atomic E-state index is 12.5. The summed E-state index contributed by atoms with van der Waals surface area (Å²) in [4.78, 5) is 8.47. The van der Waals surface area contributed by atoms with Crippen molar-refractivity contribution in [3.05, 3.63) is 65.5 Å². The standard InChI is InChI=1S/C19H23F3N4.HI/c20-19(21,22)16-9-7-15(8-10-16)5-1-3-13-25-18(23)26-14-11-17-6-2-4-12-24-17;/h2,4,6-10,12H,1,3,5,11,13-14H2,(H3,23,25,26);1H. The van der Waals surface area contributed by atoms with E-state index in [1.807, 2.05) is 18.2 Å². The van der Waals surface area contributed by atoms with Crippen LogP contribution in [-0.4, -0.2) is 24.0 Å². The maximum Gasteiger partial charge on any atom is 0.416 e. The highest BCUT2D eigenvalue weighted by Gasteiger charge is 2.29. The van der Waals surface area contributed by atoms with Crippen molar-refractivity contribution in [3.8, 4) is 0 Å². The molecule has 0 unspecified atom stereocenters. The third kappa shape index (κ3) is 9.07. The largest absolute Gasteiger partial charge is 0.416 e. The fourth-order valence-corrected chi connectivity index (χ4v) is 2.42. The molecule has 1 aromatic carbocycles. The zero-order valence-electron chi connectivity index (χ0n) is 14.9. The lowest BCUT2D eigenvalue weighted by Gasteiger charge is -2.07. The molecule has 0 amide bonds. The van der Waals surface area contributed by atoms with Gasteiger partial charge in [-0.3, -0.25) is 9.98 Å². The quantitative estimate of drug-likeness (QED) is 0.252. The summed E-state index contributed by atoms with van der Waals surface area (Å²) < 4.78 is 37.5. The average molecular weight is 492 g/mol. The van der Waals surface area contributed by atoms with Crippen LogP contribution < -0.4 is 11.1 Å². The minimum absolute atomic E-state index is 0. The Morgan fingerprint density at radius 2 is 1.78 bits per heavy atom.